The normalized spacial score (nSPS) is 17.3. The second-order valence-electron chi connectivity index (χ2n) is 7.60. The molecule has 0 aromatic heterocycles. The maximum Gasteiger partial charge on any atom is 0.416 e. The van der Waals surface area contributed by atoms with E-state index in [0.717, 1.165) is 30.3 Å². The second kappa shape index (κ2) is 11.4. The molecule has 1 unspecified atom stereocenters. The molecule has 1 N–H and O–H groups in total. The summed E-state index contributed by atoms with van der Waals surface area (Å²) in [5, 5.41) is 2.36. The molecule has 1 saturated heterocycles. The number of nitrogens with zero attached hydrogens (tertiary/aromatic N) is 2. The van der Waals surface area contributed by atoms with Gasteiger partial charge in [0.25, 0.3) is 0 Å². The zero-order valence-electron chi connectivity index (χ0n) is 18.9. The number of carbonyl (C=O) groups is 2. The summed E-state index contributed by atoms with van der Waals surface area (Å²) < 4.78 is 44.6. The highest BCUT2D eigenvalue weighted by Crippen LogP contribution is 2.35. The number of carbonyl (C=O) groups excluding carboxylic acids is 2. The molecule has 0 radical (unpaired) electrons. The molecule has 1 fully saturated rings. The molecule has 1 aliphatic rings. The predicted octanol–water partition coefficient (Wildman–Crippen LogP) is 5.86. The van der Waals surface area contributed by atoms with Gasteiger partial charge in [-0.05, 0) is 55.8 Å². The van der Waals surface area contributed by atoms with Crippen LogP contribution in [0.2, 0.25) is 0 Å². The van der Waals surface area contributed by atoms with E-state index >= 15 is 0 Å². The molecule has 6 nitrogen and oxygen atoms in total. The molecular formula is C24H26F3N3O3S. The average Bonchev–Trinajstić information content (AvgIpc) is 3.07. The molecule has 3 rings (SSSR count). The Labute approximate surface area is 200 Å². The van der Waals surface area contributed by atoms with Crippen LogP contribution in [-0.2, 0) is 15.8 Å². The van der Waals surface area contributed by atoms with Crippen LogP contribution >= 0.6 is 11.8 Å². The SMILES string of the molecule is CCCCN1C(=O)C(CC(=O)Nc2ccc(OCC)cc2)SC1=Nc1cccc(C(F)(F)F)c1. The fourth-order valence-electron chi connectivity index (χ4n) is 3.29. The van der Waals surface area contributed by atoms with Crippen LogP contribution in [0.3, 0.4) is 0 Å². The van der Waals surface area contributed by atoms with E-state index < -0.39 is 17.0 Å². The first kappa shape index (κ1) is 25.6. The van der Waals surface area contributed by atoms with Crippen molar-refractivity contribution in [3.63, 3.8) is 0 Å². The van der Waals surface area contributed by atoms with Gasteiger partial charge in [0.15, 0.2) is 5.17 Å². The summed E-state index contributed by atoms with van der Waals surface area (Å²) in [4.78, 5) is 31.4. The maximum absolute atomic E-state index is 13.1. The van der Waals surface area contributed by atoms with Gasteiger partial charge in [-0.15, -0.1) is 0 Å². The van der Waals surface area contributed by atoms with Gasteiger partial charge in [-0.3, -0.25) is 14.5 Å². The maximum atomic E-state index is 13.1. The van der Waals surface area contributed by atoms with Gasteiger partial charge in [0.05, 0.1) is 17.9 Å². The standard InChI is InChI=1S/C24H26F3N3O3S/c1-3-5-13-30-22(32)20(15-21(31)28-17-9-11-19(12-10-17)33-4-2)34-23(30)29-18-8-6-7-16(14-18)24(25,26)27/h6-12,14,20H,3-5,13,15H2,1-2H3,(H,28,31). The Morgan fingerprint density at radius 2 is 1.91 bits per heavy atom. The monoisotopic (exact) mass is 493 g/mol. The van der Waals surface area contributed by atoms with Gasteiger partial charge < -0.3 is 10.1 Å². The van der Waals surface area contributed by atoms with Crippen LogP contribution in [0.5, 0.6) is 5.75 Å². The number of ether oxygens (including phenoxy) is 1. The van der Waals surface area contributed by atoms with E-state index in [1.165, 1.54) is 17.0 Å². The highest BCUT2D eigenvalue weighted by Gasteiger charge is 2.39. The van der Waals surface area contributed by atoms with Gasteiger partial charge in [-0.2, -0.15) is 13.2 Å². The smallest absolute Gasteiger partial charge is 0.416 e. The van der Waals surface area contributed by atoms with E-state index in [9.17, 15) is 22.8 Å². The number of benzene rings is 2. The lowest BCUT2D eigenvalue weighted by Gasteiger charge is -2.16. The molecule has 0 aliphatic carbocycles. The van der Waals surface area contributed by atoms with Crippen LogP contribution in [0.25, 0.3) is 0 Å². The number of aliphatic imine (C=N–C) groups is 1. The van der Waals surface area contributed by atoms with Gasteiger partial charge in [0.2, 0.25) is 11.8 Å². The van der Waals surface area contributed by atoms with E-state index in [-0.39, 0.29) is 23.9 Å². The Bertz CT molecular complexity index is 1040. The van der Waals surface area contributed by atoms with E-state index in [2.05, 4.69) is 10.3 Å². The number of unbranched alkanes of at least 4 members (excludes halogenated alkanes) is 1. The lowest BCUT2D eigenvalue weighted by atomic mass is 10.2. The summed E-state index contributed by atoms with van der Waals surface area (Å²) in [6.07, 6.45) is -3.04. The van der Waals surface area contributed by atoms with Crippen molar-refractivity contribution in [2.45, 2.75) is 44.5 Å². The van der Waals surface area contributed by atoms with Crippen molar-refractivity contribution in [1.82, 2.24) is 4.90 Å². The van der Waals surface area contributed by atoms with E-state index in [4.69, 9.17) is 4.74 Å². The van der Waals surface area contributed by atoms with E-state index in [1.54, 1.807) is 24.3 Å². The van der Waals surface area contributed by atoms with Gasteiger partial charge in [0.1, 0.15) is 11.0 Å². The second-order valence-corrected chi connectivity index (χ2v) is 8.77. The van der Waals surface area contributed by atoms with Crippen LogP contribution in [0, 0.1) is 0 Å². The highest BCUT2D eigenvalue weighted by atomic mass is 32.2. The number of anilines is 1. The molecule has 1 heterocycles. The van der Waals surface area contributed by atoms with Crippen molar-refractivity contribution in [2.75, 3.05) is 18.5 Å². The van der Waals surface area contributed by atoms with Crippen molar-refractivity contribution in [2.24, 2.45) is 4.99 Å². The Balaban J connectivity index is 1.73. The quantitative estimate of drug-likeness (QED) is 0.475. The fraction of sp³-hybridized carbons (Fsp3) is 0.375. The molecular weight excluding hydrogens is 467 g/mol. The first-order valence-corrected chi connectivity index (χ1v) is 11.9. The minimum atomic E-state index is -4.49. The highest BCUT2D eigenvalue weighted by molar-refractivity contribution is 8.15. The Morgan fingerprint density at radius 3 is 2.56 bits per heavy atom. The van der Waals surface area contributed by atoms with Crippen molar-refractivity contribution in [3.05, 3.63) is 54.1 Å². The first-order valence-electron chi connectivity index (χ1n) is 11.0. The van der Waals surface area contributed by atoms with Crippen molar-refractivity contribution in [1.29, 1.82) is 0 Å². The largest absolute Gasteiger partial charge is 0.494 e. The minimum Gasteiger partial charge on any atom is -0.494 e. The molecule has 1 atom stereocenters. The summed E-state index contributed by atoms with van der Waals surface area (Å²) in [5.74, 6) is 0.0702. The van der Waals surface area contributed by atoms with Crippen molar-refractivity contribution < 1.29 is 27.5 Å². The van der Waals surface area contributed by atoms with Gasteiger partial charge in [-0.1, -0.05) is 31.2 Å². The molecule has 1 aliphatic heterocycles. The van der Waals surface area contributed by atoms with Gasteiger partial charge in [0, 0.05) is 18.7 Å². The first-order chi connectivity index (χ1) is 16.2. The molecule has 0 bridgehead atoms. The third-order valence-electron chi connectivity index (χ3n) is 4.97. The fourth-order valence-corrected chi connectivity index (χ4v) is 4.47. The summed E-state index contributed by atoms with van der Waals surface area (Å²) in [6.45, 7) is 4.77. The average molecular weight is 494 g/mol. The van der Waals surface area contributed by atoms with E-state index in [0.29, 0.717) is 36.2 Å². The number of halogens is 3. The van der Waals surface area contributed by atoms with E-state index in [1.807, 2.05) is 13.8 Å². The van der Waals surface area contributed by atoms with Crippen LogP contribution in [-0.4, -0.2) is 40.3 Å². The Hall–Kier alpha value is -3.01. The van der Waals surface area contributed by atoms with Gasteiger partial charge in [-0.25, -0.2) is 4.99 Å². The molecule has 34 heavy (non-hydrogen) atoms. The van der Waals surface area contributed by atoms with Crippen LogP contribution in [0.4, 0.5) is 24.5 Å². The third-order valence-corrected chi connectivity index (χ3v) is 6.15. The van der Waals surface area contributed by atoms with Crippen LogP contribution in [0.15, 0.2) is 53.5 Å². The third kappa shape index (κ3) is 6.75. The lowest BCUT2D eigenvalue weighted by Crippen LogP contribution is -2.34. The summed E-state index contributed by atoms with van der Waals surface area (Å²) in [7, 11) is 0. The number of hydrogen-bond donors (Lipinski definition) is 1. The summed E-state index contributed by atoms with van der Waals surface area (Å²) in [6, 6.07) is 11.5. The van der Waals surface area contributed by atoms with Crippen LogP contribution < -0.4 is 10.1 Å². The zero-order valence-corrected chi connectivity index (χ0v) is 19.7. The Kier molecular flexibility index (Phi) is 8.60. The summed E-state index contributed by atoms with van der Waals surface area (Å²) >= 11 is 1.10. The molecule has 0 saturated carbocycles. The molecule has 2 amide bonds. The summed E-state index contributed by atoms with van der Waals surface area (Å²) in [5.41, 5.74) is -0.134. The molecule has 0 spiro atoms. The predicted molar refractivity (Wildman–Crippen MR) is 127 cm³/mol. The minimum absolute atomic E-state index is 0.0824. The Morgan fingerprint density at radius 1 is 1.18 bits per heavy atom. The molecule has 2 aromatic rings. The molecule has 2 aromatic carbocycles. The van der Waals surface area contributed by atoms with Crippen molar-refractivity contribution in [3.8, 4) is 5.75 Å². The molecule has 10 heteroatoms. The van der Waals surface area contributed by atoms with Crippen molar-refractivity contribution >= 4 is 40.1 Å². The topological polar surface area (TPSA) is 71.0 Å². The number of amidine groups is 1. The number of thioether (sulfide) groups is 1. The number of hydrogen-bond acceptors (Lipinski definition) is 5. The van der Waals surface area contributed by atoms with Crippen LogP contribution in [0.1, 0.15) is 38.7 Å². The number of rotatable bonds is 9. The lowest BCUT2D eigenvalue weighted by molar-refractivity contribution is -0.137. The van der Waals surface area contributed by atoms with Gasteiger partial charge >= 0.3 is 6.18 Å². The number of nitrogens with one attached hydrogen (secondary N) is 1. The molecule has 182 valence electrons. The zero-order chi connectivity index (χ0) is 24.7. The number of alkyl halides is 3. The number of amides is 2.